The molecule has 14 heteroatoms. The summed E-state index contributed by atoms with van der Waals surface area (Å²) in [6.07, 6.45) is 4.31. The first-order valence-corrected chi connectivity index (χ1v) is 24.8. The molecule has 2 atom stereocenters. The Kier molecular flexibility index (Phi) is 15.3. The minimum absolute atomic E-state index is 0.00840. The van der Waals surface area contributed by atoms with Crippen LogP contribution in [0.2, 0.25) is 0 Å². The number of hydrogen-bond acceptors (Lipinski definition) is 11. The molecule has 1 unspecified atom stereocenters. The van der Waals surface area contributed by atoms with Crippen molar-refractivity contribution >= 4 is 28.7 Å². The number of rotatable bonds is 16. The number of amides is 2. The van der Waals surface area contributed by atoms with Crippen LogP contribution in [0.3, 0.4) is 0 Å². The zero-order valence-corrected chi connectivity index (χ0v) is 40.0. The number of pyridine rings is 1. The van der Waals surface area contributed by atoms with E-state index in [1.54, 1.807) is 60.7 Å². The first kappa shape index (κ1) is 49.2. The minimum atomic E-state index is -2.09. The van der Waals surface area contributed by atoms with E-state index < -0.39 is 17.7 Å². The van der Waals surface area contributed by atoms with E-state index in [1.807, 2.05) is 46.2 Å². The molecule has 5 aromatic carbocycles. The number of carbonyl (C=O) groups excluding carboxylic acids is 3. The number of likely N-dealkylation sites (tertiary alicyclic amines) is 3. The van der Waals surface area contributed by atoms with Gasteiger partial charge in [-0.1, -0.05) is 91.0 Å². The van der Waals surface area contributed by atoms with E-state index in [-0.39, 0.29) is 59.7 Å². The maximum absolute atomic E-state index is 13.9. The Hall–Kier alpha value is -6.84. The van der Waals surface area contributed by atoms with Crippen LogP contribution in [0.25, 0.3) is 10.9 Å². The number of H-pyrrole nitrogens is 1. The van der Waals surface area contributed by atoms with Gasteiger partial charge in [0.1, 0.15) is 11.5 Å². The third kappa shape index (κ3) is 11.5. The predicted octanol–water partition coefficient (Wildman–Crippen LogP) is 6.67. The fraction of sp³-hybridized carbons (Fsp3) is 0.368. The summed E-state index contributed by atoms with van der Waals surface area (Å²) in [5.41, 5.74) is 2.03. The van der Waals surface area contributed by atoms with Crippen LogP contribution in [0, 0.1) is 11.3 Å². The summed E-state index contributed by atoms with van der Waals surface area (Å²) in [6, 6.07) is 39.4. The van der Waals surface area contributed by atoms with E-state index in [2.05, 4.69) is 39.5 Å². The van der Waals surface area contributed by atoms with E-state index in [1.165, 1.54) is 17.7 Å². The van der Waals surface area contributed by atoms with Gasteiger partial charge in [0.2, 0.25) is 11.2 Å². The summed E-state index contributed by atoms with van der Waals surface area (Å²) in [6.45, 7) is 5.92. The average Bonchev–Trinajstić information content (AvgIpc) is 3.41. The zero-order chi connectivity index (χ0) is 49.4. The van der Waals surface area contributed by atoms with E-state index in [9.17, 15) is 34.5 Å². The van der Waals surface area contributed by atoms with Gasteiger partial charge >= 0.3 is 5.97 Å². The van der Waals surface area contributed by atoms with Gasteiger partial charge in [-0.3, -0.25) is 19.3 Å². The lowest BCUT2D eigenvalue weighted by atomic mass is 9.71. The van der Waals surface area contributed by atoms with Gasteiger partial charge < -0.3 is 44.9 Å². The number of esters is 1. The second kappa shape index (κ2) is 22.1. The number of aromatic nitrogens is 1. The lowest BCUT2D eigenvalue weighted by Gasteiger charge is -2.46. The fourth-order valence-corrected chi connectivity index (χ4v) is 10.5. The molecule has 1 spiro atoms. The molecule has 4 heterocycles. The summed E-state index contributed by atoms with van der Waals surface area (Å²) in [7, 11) is 0. The molecule has 14 nitrogen and oxygen atoms in total. The van der Waals surface area contributed by atoms with Crippen LogP contribution in [0.5, 0.6) is 11.5 Å². The molecule has 6 aromatic rings. The number of fused-ring (bicyclic) bond motifs is 1. The largest absolute Gasteiger partial charge is 0.506 e. The molecule has 0 radical (unpaired) electrons. The fourth-order valence-electron chi connectivity index (χ4n) is 10.5. The molecule has 370 valence electrons. The maximum atomic E-state index is 13.9. The van der Waals surface area contributed by atoms with Crippen molar-refractivity contribution in [2.75, 3.05) is 59.0 Å². The molecular weight excluding hydrogens is 899 g/mol. The number of phenolic OH excluding ortho intramolecular Hbond substituents is 1. The summed E-state index contributed by atoms with van der Waals surface area (Å²) in [5.74, 6) is -0.409. The molecule has 0 aliphatic carbocycles. The molecule has 1 aromatic heterocycles. The van der Waals surface area contributed by atoms with Crippen LogP contribution in [0.1, 0.15) is 82.8 Å². The number of aromatic hydroxyl groups is 1. The monoisotopic (exact) mass is 961 g/mol. The Morgan fingerprint density at radius 1 is 0.746 bits per heavy atom. The van der Waals surface area contributed by atoms with Crippen molar-refractivity contribution in [3.63, 3.8) is 0 Å². The number of piperidine rings is 3. The Morgan fingerprint density at radius 2 is 1.41 bits per heavy atom. The highest BCUT2D eigenvalue weighted by Gasteiger charge is 2.43. The van der Waals surface area contributed by atoms with Gasteiger partial charge in [-0.25, -0.2) is 4.79 Å². The third-order valence-corrected chi connectivity index (χ3v) is 14.9. The van der Waals surface area contributed by atoms with Crippen LogP contribution in [0.15, 0.2) is 138 Å². The molecule has 2 amide bonds. The molecule has 5 N–H and O–H groups in total. The molecule has 0 saturated carbocycles. The van der Waals surface area contributed by atoms with Crippen molar-refractivity contribution in [1.82, 2.24) is 25.0 Å². The standard InChI is InChI=1S/C57H63N5O9/c63-49-20-18-47(48-19-21-51(65)59-53(48)49)50(64)36-58-35-40-14-16-43(17-15-40)54(67)62-32-26-56(27-33-62)24-30-61(31-25-56)52(66)39-70-46-13-7-12-45(34-46)57(69,44-10-5-2-6-11-44)55(68)71-38-42-22-28-60(29-23-42)37-41-8-3-1-4-9-41/h1-21,34,42,50,58,63-64,69H,22-33,35-39H2,(H,59,65)/t50-,57?/m0/s1. The SMILES string of the molecule is O=C(COc1cccc(C(O)(C(=O)OCC2CCN(Cc3ccccc3)CC2)c2ccccc2)c1)N1CCC2(CC1)CCN(C(=O)c1ccc(CNC[C@H](O)c3ccc(O)c4[nH]c(=O)ccc34)cc1)CC2. The number of carbonyl (C=O) groups is 3. The lowest BCUT2D eigenvalue weighted by molar-refractivity contribution is -0.164. The topological polar surface area (TPSA) is 185 Å². The molecule has 3 aliphatic heterocycles. The highest BCUT2D eigenvalue weighted by molar-refractivity contribution is 5.94. The average molecular weight is 962 g/mol. The quantitative estimate of drug-likeness (QED) is 0.0653. The van der Waals surface area contributed by atoms with Gasteiger partial charge in [-0.05, 0) is 122 Å². The highest BCUT2D eigenvalue weighted by Crippen LogP contribution is 2.42. The Labute approximate surface area is 413 Å². The van der Waals surface area contributed by atoms with Gasteiger partial charge in [0.25, 0.3) is 11.8 Å². The zero-order valence-electron chi connectivity index (χ0n) is 40.0. The molecule has 71 heavy (non-hydrogen) atoms. The van der Waals surface area contributed by atoms with Crippen LogP contribution in [-0.2, 0) is 33.0 Å². The number of nitrogens with zero attached hydrogens (tertiary/aromatic N) is 3. The number of aliphatic hydroxyl groups is 2. The number of phenols is 1. The molecule has 3 saturated heterocycles. The van der Waals surface area contributed by atoms with Gasteiger partial charge in [-0.15, -0.1) is 0 Å². The molecule has 0 bridgehead atoms. The summed E-state index contributed by atoms with van der Waals surface area (Å²) < 4.78 is 11.9. The summed E-state index contributed by atoms with van der Waals surface area (Å²) >= 11 is 0. The van der Waals surface area contributed by atoms with Crippen molar-refractivity contribution < 1.29 is 39.2 Å². The van der Waals surface area contributed by atoms with Crippen molar-refractivity contribution in [1.29, 1.82) is 0 Å². The van der Waals surface area contributed by atoms with E-state index in [4.69, 9.17) is 9.47 Å². The Balaban J connectivity index is 0.717. The van der Waals surface area contributed by atoms with Crippen LogP contribution >= 0.6 is 0 Å². The van der Waals surface area contributed by atoms with E-state index in [0.717, 1.165) is 63.7 Å². The lowest BCUT2D eigenvalue weighted by Crippen LogP contribution is -2.50. The smallest absolute Gasteiger partial charge is 0.347 e. The number of nitrogens with one attached hydrogen (secondary N) is 2. The number of benzene rings is 5. The third-order valence-electron chi connectivity index (χ3n) is 14.9. The molecule has 3 fully saturated rings. The van der Waals surface area contributed by atoms with E-state index >= 15 is 0 Å². The summed E-state index contributed by atoms with van der Waals surface area (Å²) in [5, 5.41) is 37.2. The van der Waals surface area contributed by atoms with Crippen molar-refractivity contribution in [2.24, 2.45) is 11.3 Å². The predicted molar refractivity (Wildman–Crippen MR) is 270 cm³/mol. The van der Waals surface area contributed by atoms with E-state index in [0.29, 0.717) is 66.1 Å². The first-order chi connectivity index (χ1) is 34.5. The second-order valence-electron chi connectivity index (χ2n) is 19.5. The van der Waals surface area contributed by atoms with Gasteiger partial charge in [0.05, 0.1) is 18.2 Å². The second-order valence-corrected chi connectivity index (χ2v) is 19.5. The van der Waals surface area contributed by atoms with Crippen molar-refractivity contribution in [3.8, 4) is 11.5 Å². The molecular formula is C57H63N5O9. The first-order valence-electron chi connectivity index (χ1n) is 24.8. The van der Waals surface area contributed by atoms with Crippen LogP contribution < -0.4 is 15.6 Å². The number of ether oxygens (including phenoxy) is 2. The van der Waals surface area contributed by atoms with Crippen molar-refractivity contribution in [2.45, 2.75) is 63.3 Å². The van der Waals surface area contributed by atoms with Crippen LogP contribution in [0.4, 0.5) is 0 Å². The summed E-state index contributed by atoms with van der Waals surface area (Å²) in [4.78, 5) is 61.6. The van der Waals surface area contributed by atoms with Crippen molar-refractivity contribution in [3.05, 3.63) is 177 Å². The minimum Gasteiger partial charge on any atom is -0.506 e. The molecule has 9 rings (SSSR count). The number of aliphatic hydroxyl groups excluding tert-OH is 1. The highest BCUT2D eigenvalue weighted by atomic mass is 16.6. The van der Waals surface area contributed by atoms with Gasteiger partial charge in [-0.2, -0.15) is 0 Å². The maximum Gasteiger partial charge on any atom is 0.347 e. The van der Waals surface area contributed by atoms with Gasteiger partial charge in [0, 0.05) is 68.4 Å². The number of aromatic amines is 1. The Bertz CT molecular complexity index is 2830. The molecule has 3 aliphatic rings. The van der Waals surface area contributed by atoms with Crippen LogP contribution in [-0.4, -0.2) is 112 Å². The normalized spacial score (nSPS) is 17.7. The Morgan fingerprint density at radius 3 is 2.11 bits per heavy atom. The number of hydrogen-bond donors (Lipinski definition) is 5. The van der Waals surface area contributed by atoms with Gasteiger partial charge in [0.15, 0.2) is 6.61 Å².